The van der Waals surface area contributed by atoms with E-state index in [4.69, 9.17) is 20.2 Å². The van der Waals surface area contributed by atoms with Crippen LogP contribution < -0.4 is 10.5 Å². The third kappa shape index (κ3) is 5.85. The molecular formula is C32H33N3O4. The summed E-state index contributed by atoms with van der Waals surface area (Å²) in [6.45, 7) is 7.49. The second kappa shape index (κ2) is 11.1. The number of Topliss-reactive ketones (excluding diaryl/α,β-unsaturated/α-hetero) is 1. The number of allylic oxidation sites excluding steroid dienone is 2. The Morgan fingerprint density at radius 2 is 1.82 bits per heavy atom. The van der Waals surface area contributed by atoms with Gasteiger partial charge in [-0.05, 0) is 72.1 Å². The smallest absolute Gasteiger partial charge is 0.339 e. The van der Waals surface area contributed by atoms with E-state index < -0.39 is 18.4 Å². The van der Waals surface area contributed by atoms with E-state index in [9.17, 15) is 14.9 Å². The van der Waals surface area contributed by atoms with Crippen molar-refractivity contribution in [2.24, 2.45) is 17.1 Å². The molecule has 1 heterocycles. The zero-order chi connectivity index (χ0) is 28.3. The molecule has 1 aliphatic carbocycles. The average Bonchev–Trinajstić information content (AvgIpc) is 2.90. The van der Waals surface area contributed by atoms with Crippen molar-refractivity contribution in [1.29, 1.82) is 5.26 Å². The number of hydrogen-bond acceptors (Lipinski definition) is 7. The highest BCUT2D eigenvalue weighted by Gasteiger charge is 2.35. The largest absolute Gasteiger partial charge is 0.497 e. The van der Waals surface area contributed by atoms with Crippen LogP contribution in [0.15, 0.2) is 59.8 Å². The molecule has 1 aromatic heterocycles. The first-order valence-electron chi connectivity index (χ1n) is 12.9. The van der Waals surface area contributed by atoms with E-state index in [1.165, 1.54) is 6.92 Å². The summed E-state index contributed by atoms with van der Waals surface area (Å²) in [6, 6.07) is 17.1. The summed E-state index contributed by atoms with van der Waals surface area (Å²) in [5, 5.41) is 9.93. The van der Waals surface area contributed by atoms with Crippen LogP contribution in [0.5, 0.6) is 5.75 Å². The number of aromatic nitrogens is 1. The van der Waals surface area contributed by atoms with Gasteiger partial charge in [0.1, 0.15) is 17.4 Å². The van der Waals surface area contributed by atoms with E-state index in [1.807, 2.05) is 48.5 Å². The number of hydrogen-bond donors (Lipinski definition) is 1. The second-order valence-electron chi connectivity index (χ2n) is 10.9. The Morgan fingerprint density at radius 1 is 1.13 bits per heavy atom. The molecule has 2 N–H and O–H groups in total. The maximum absolute atomic E-state index is 13.6. The maximum atomic E-state index is 13.6. The monoisotopic (exact) mass is 523 g/mol. The Hall–Kier alpha value is -4.44. The molecule has 0 amide bonds. The van der Waals surface area contributed by atoms with Gasteiger partial charge in [0.25, 0.3) is 0 Å². The summed E-state index contributed by atoms with van der Waals surface area (Å²) in [4.78, 5) is 31.2. The molecule has 1 unspecified atom stereocenters. The third-order valence-electron chi connectivity index (χ3n) is 7.22. The number of benzene rings is 2. The molecule has 0 radical (unpaired) electrons. The molecule has 0 saturated heterocycles. The standard InChI is InChI=1S/C32H33N3O4/c1-19(34)26(17-33)28(36)18-39-31(37)29-24-8-6-7-9-27(24)35-30-21(14-20-10-12-23(38-5)13-11-20)15-22(16-25(29)30)32(2,3)4/h6-14,22H,15-16,18,34H2,1-5H3/b21-14-,26-19-. The zero-order valence-corrected chi connectivity index (χ0v) is 23.0. The van der Waals surface area contributed by atoms with Gasteiger partial charge in [0.15, 0.2) is 6.61 Å². The van der Waals surface area contributed by atoms with Crippen LogP contribution in [0, 0.1) is 22.7 Å². The number of carbonyl (C=O) groups is 2. The molecule has 200 valence electrons. The van der Waals surface area contributed by atoms with E-state index >= 15 is 0 Å². The van der Waals surface area contributed by atoms with E-state index in [1.54, 1.807) is 13.2 Å². The molecule has 1 atom stereocenters. The number of carbonyl (C=O) groups excluding carboxylic acids is 2. The summed E-state index contributed by atoms with van der Waals surface area (Å²) in [5.41, 5.74) is 10.2. The van der Waals surface area contributed by atoms with Crippen LogP contribution in [0.25, 0.3) is 22.6 Å². The molecule has 2 aromatic carbocycles. The van der Waals surface area contributed by atoms with Crippen molar-refractivity contribution in [3.8, 4) is 11.8 Å². The molecule has 4 rings (SSSR count). The molecule has 0 saturated carbocycles. The predicted molar refractivity (Wildman–Crippen MR) is 152 cm³/mol. The first-order valence-corrected chi connectivity index (χ1v) is 12.9. The number of ether oxygens (including phenoxy) is 2. The van der Waals surface area contributed by atoms with E-state index in [-0.39, 0.29) is 22.6 Å². The maximum Gasteiger partial charge on any atom is 0.339 e. The number of fused-ring (bicyclic) bond motifs is 2. The molecule has 0 spiro atoms. The lowest BCUT2D eigenvalue weighted by molar-refractivity contribution is -0.118. The topological polar surface area (TPSA) is 115 Å². The van der Waals surface area contributed by atoms with Crippen molar-refractivity contribution in [3.63, 3.8) is 0 Å². The van der Waals surface area contributed by atoms with Gasteiger partial charge in [-0.2, -0.15) is 5.26 Å². The number of para-hydroxylation sites is 1. The van der Waals surface area contributed by atoms with E-state index in [0.29, 0.717) is 22.9 Å². The summed E-state index contributed by atoms with van der Waals surface area (Å²) in [5.74, 6) is -0.246. The van der Waals surface area contributed by atoms with Crippen LogP contribution in [-0.4, -0.2) is 30.5 Å². The van der Waals surface area contributed by atoms with E-state index in [2.05, 4.69) is 26.8 Å². The molecular weight excluding hydrogens is 490 g/mol. The Bertz CT molecular complexity index is 1530. The van der Waals surface area contributed by atoms with Crippen LogP contribution in [-0.2, 0) is 16.0 Å². The molecule has 0 aliphatic heterocycles. The lowest BCUT2D eigenvalue weighted by atomic mass is 9.69. The fourth-order valence-corrected chi connectivity index (χ4v) is 4.92. The lowest BCUT2D eigenvalue weighted by Gasteiger charge is -2.36. The number of nitrogens with two attached hydrogens (primary N) is 1. The van der Waals surface area contributed by atoms with Gasteiger partial charge in [-0.15, -0.1) is 0 Å². The van der Waals surface area contributed by atoms with Gasteiger partial charge >= 0.3 is 5.97 Å². The van der Waals surface area contributed by atoms with Crippen LogP contribution in [0.4, 0.5) is 0 Å². The van der Waals surface area contributed by atoms with Gasteiger partial charge in [-0.1, -0.05) is 51.1 Å². The van der Waals surface area contributed by atoms with Crippen molar-refractivity contribution in [1.82, 2.24) is 4.98 Å². The third-order valence-corrected chi connectivity index (χ3v) is 7.22. The number of methoxy groups -OCH3 is 1. The highest BCUT2D eigenvalue weighted by molar-refractivity contribution is 6.08. The minimum atomic E-state index is -0.634. The second-order valence-corrected chi connectivity index (χ2v) is 10.9. The van der Waals surface area contributed by atoms with Crippen LogP contribution in [0.2, 0.25) is 0 Å². The van der Waals surface area contributed by atoms with Crippen molar-refractivity contribution in [3.05, 3.63) is 82.2 Å². The SMILES string of the molecule is COc1ccc(/C=C2/CC(C(C)(C)C)Cc3c2nc2ccccc2c3C(=O)OCC(=O)/C(C#N)=C(/C)N)cc1. The Kier molecular flexibility index (Phi) is 7.87. The van der Waals surface area contributed by atoms with E-state index in [0.717, 1.165) is 34.6 Å². The number of nitrogens with zero attached hydrogens (tertiary/aromatic N) is 2. The van der Waals surface area contributed by atoms with Crippen molar-refractivity contribution in [2.75, 3.05) is 13.7 Å². The minimum absolute atomic E-state index is 0.0371. The number of esters is 1. The fourth-order valence-electron chi connectivity index (χ4n) is 4.92. The van der Waals surface area contributed by atoms with Gasteiger partial charge in [-0.3, -0.25) is 4.79 Å². The Balaban J connectivity index is 1.85. The summed E-state index contributed by atoms with van der Waals surface area (Å²) in [6.07, 6.45) is 3.55. The van der Waals surface area contributed by atoms with Crippen LogP contribution in [0.3, 0.4) is 0 Å². The number of rotatable bonds is 6. The number of pyridine rings is 1. The first kappa shape index (κ1) is 27.6. The first-order chi connectivity index (χ1) is 18.5. The van der Waals surface area contributed by atoms with Gasteiger partial charge in [-0.25, -0.2) is 9.78 Å². The molecule has 7 nitrogen and oxygen atoms in total. The summed E-state index contributed by atoms with van der Waals surface area (Å²) < 4.78 is 10.8. The van der Waals surface area contributed by atoms with Crippen molar-refractivity contribution >= 4 is 34.3 Å². The fraction of sp³-hybridized carbons (Fsp3) is 0.312. The number of ketones is 1. The highest BCUT2D eigenvalue weighted by Crippen LogP contribution is 2.45. The van der Waals surface area contributed by atoms with Gasteiger partial charge in [0.05, 0.1) is 23.9 Å². The lowest BCUT2D eigenvalue weighted by Crippen LogP contribution is -2.29. The molecule has 39 heavy (non-hydrogen) atoms. The van der Waals surface area contributed by atoms with Crippen molar-refractivity contribution in [2.45, 2.75) is 40.5 Å². The van der Waals surface area contributed by atoms with Gasteiger partial charge < -0.3 is 15.2 Å². The Morgan fingerprint density at radius 3 is 2.44 bits per heavy atom. The van der Waals surface area contributed by atoms with Crippen LogP contribution in [0.1, 0.15) is 61.3 Å². The highest BCUT2D eigenvalue weighted by atomic mass is 16.5. The van der Waals surface area contributed by atoms with Gasteiger partial charge in [0, 0.05) is 11.1 Å². The quantitative estimate of drug-likeness (QED) is 0.244. The normalized spacial score (nSPS) is 16.7. The Labute approximate surface area is 228 Å². The molecule has 0 bridgehead atoms. The molecule has 7 heteroatoms. The molecule has 3 aromatic rings. The van der Waals surface area contributed by atoms with Crippen LogP contribution >= 0.6 is 0 Å². The molecule has 1 aliphatic rings. The number of nitriles is 1. The van der Waals surface area contributed by atoms with Crippen molar-refractivity contribution < 1.29 is 19.1 Å². The molecule has 0 fully saturated rings. The zero-order valence-electron chi connectivity index (χ0n) is 23.0. The van der Waals surface area contributed by atoms with Gasteiger partial charge in [0.2, 0.25) is 5.78 Å². The minimum Gasteiger partial charge on any atom is -0.497 e. The average molecular weight is 524 g/mol. The summed E-state index contributed by atoms with van der Waals surface area (Å²) >= 11 is 0. The summed E-state index contributed by atoms with van der Waals surface area (Å²) in [7, 11) is 1.64. The predicted octanol–water partition coefficient (Wildman–Crippen LogP) is 5.87.